The molecule has 0 spiro atoms. The fourth-order valence-corrected chi connectivity index (χ4v) is 9.16. The van der Waals surface area contributed by atoms with Gasteiger partial charge in [0.25, 0.3) is 11.8 Å². The van der Waals surface area contributed by atoms with Gasteiger partial charge in [0, 0.05) is 16.5 Å². The molecule has 4 aromatic rings. The predicted molar refractivity (Wildman–Crippen MR) is 194 cm³/mol. The van der Waals surface area contributed by atoms with E-state index in [1.165, 1.54) is 48.5 Å². The minimum atomic E-state index is -1.62. The number of fused-ring (bicyclic) bond motifs is 4. The van der Waals surface area contributed by atoms with Crippen LogP contribution in [0, 0.1) is 29.5 Å². The average Bonchev–Trinajstić information content (AvgIpc) is 3.56. The molecule has 4 aromatic carbocycles. The van der Waals surface area contributed by atoms with Crippen molar-refractivity contribution in [1.29, 1.82) is 0 Å². The van der Waals surface area contributed by atoms with Crippen molar-refractivity contribution < 1.29 is 43.3 Å². The molecule has 0 radical (unpaired) electrons. The van der Waals surface area contributed by atoms with Crippen LogP contribution in [0.3, 0.4) is 0 Å². The Bertz CT molecular complexity index is 2250. The molecule has 1 saturated carbocycles. The van der Waals surface area contributed by atoms with Crippen LogP contribution in [0.1, 0.15) is 40.2 Å². The number of aliphatic hydroxyl groups is 1. The van der Waals surface area contributed by atoms with E-state index in [0.717, 1.165) is 9.91 Å². The van der Waals surface area contributed by atoms with Gasteiger partial charge in [-0.2, -0.15) is 5.01 Å². The summed E-state index contributed by atoms with van der Waals surface area (Å²) in [5, 5.41) is 20.7. The van der Waals surface area contributed by atoms with E-state index >= 15 is 4.79 Å². The molecule has 2 heterocycles. The zero-order valence-electron chi connectivity index (χ0n) is 28.5. The second-order valence-corrected chi connectivity index (χ2v) is 14.3. The fraction of sp³-hybridized carbons (Fsp3) is 0.244. The molecule has 2 aliphatic heterocycles. The SMILES string of the molecule is O=C(O)c1cccc(N2C(=O)[C@H]3[C@H](CC=C4[C@H]3C[C@H]3C(=O)N(Nc5ccc(F)cc5)C(=O)[C@@]3(c3ccc(Cl)cc3)[C@H]4c3ccccc3OCCO)C2=O)c1. The van der Waals surface area contributed by atoms with E-state index in [2.05, 4.69) is 5.43 Å². The maximum absolute atomic E-state index is 15.3. The highest BCUT2D eigenvalue weighted by molar-refractivity contribution is 6.30. The number of carbonyl (C=O) groups excluding carboxylic acids is 4. The molecular formula is C41H33ClFN3O8. The van der Waals surface area contributed by atoms with Gasteiger partial charge in [-0.3, -0.25) is 29.5 Å². The Morgan fingerprint density at radius 2 is 1.65 bits per heavy atom. The number of amides is 4. The maximum atomic E-state index is 15.3. The number of halogens is 2. The molecule has 2 aliphatic carbocycles. The summed E-state index contributed by atoms with van der Waals surface area (Å²) in [4.78, 5) is 71.6. The van der Waals surface area contributed by atoms with Gasteiger partial charge in [0.15, 0.2) is 0 Å². The van der Waals surface area contributed by atoms with Crippen LogP contribution in [0.5, 0.6) is 5.75 Å². The number of aliphatic hydroxyl groups excluding tert-OH is 1. The largest absolute Gasteiger partial charge is 0.491 e. The Balaban J connectivity index is 1.32. The van der Waals surface area contributed by atoms with E-state index in [1.807, 2.05) is 6.08 Å². The first-order chi connectivity index (χ1) is 26.1. The number of rotatable bonds is 9. The molecule has 2 saturated heterocycles. The van der Waals surface area contributed by atoms with Crippen molar-refractivity contribution in [2.45, 2.75) is 24.2 Å². The summed E-state index contributed by atoms with van der Waals surface area (Å²) in [7, 11) is 0. The Morgan fingerprint density at radius 3 is 2.37 bits per heavy atom. The Kier molecular flexibility index (Phi) is 8.82. The zero-order valence-corrected chi connectivity index (χ0v) is 29.3. The molecule has 54 heavy (non-hydrogen) atoms. The Hall–Kier alpha value is -5.85. The van der Waals surface area contributed by atoms with Crippen molar-refractivity contribution in [3.63, 3.8) is 0 Å². The van der Waals surface area contributed by atoms with Gasteiger partial charge in [-0.15, -0.1) is 0 Å². The summed E-state index contributed by atoms with van der Waals surface area (Å²) in [6.07, 6.45) is 2.05. The third-order valence-electron chi connectivity index (χ3n) is 11.2. The minimum absolute atomic E-state index is 0.0139. The van der Waals surface area contributed by atoms with Crippen molar-refractivity contribution >= 4 is 52.6 Å². The number of para-hydroxylation sites is 1. The number of hydrazine groups is 1. The number of hydrogen-bond donors (Lipinski definition) is 3. The number of aromatic carboxylic acids is 1. The topological polar surface area (TPSA) is 154 Å². The maximum Gasteiger partial charge on any atom is 0.335 e. The number of nitrogens with one attached hydrogen (secondary N) is 1. The smallest absolute Gasteiger partial charge is 0.335 e. The summed E-state index contributed by atoms with van der Waals surface area (Å²) >= 11 is 6.37. The van der Waals surface area contributed by atoms with Crippen molar-refractivity contribution in [3.8, 4) is 5.75 Å². The first-order valence-electron chi connectivity index (χ1n) is 17.5. The molecule has 0 unspecified atom stereocenters. The van der Waals surface area contributed by atoms with Gasteiger partial charge >= 0.3 is 5.97 Å². The lowest BCUT2D eigenvalue weighted by Crippen LogP contribution is -2.53. The van der Waals surface area contributed by atoms with Crippen molar-refractivity contribution in [2.24, 2.45) is 23.7 Å². The standard InChI is InChI=1S/C41H33ClFN3O8/c42-24-10-8-23(9-11-24)41-32(37(49)46(40(41)53)44-26-14-12-25(43)13-15-26)21-31-28(35(41)29-6-1-2-7-33(29)54-19-18-47)16-17-30-34(31)38(50)45(36(30)48)27-5-3-4-22(20-27)39(51)52/h1-16,20,30-32,34-35,44,47H,17-19,21H2,(H,51,52)/t30-,31+,32-,34-,35+,41+/m0/s1. The van der Waals surface area contributed by atoms with Gasteiger partial charge in [-0.1, -0.05) is 59.6 Å². The normalized spacial score (nSPS) is 25.9. The highest BCUT2D eigenvalue weighted by Crippen LogP contribution is 2.65. The number of imide groups is 2. The highest BCUT2D eigenvalue weighted by Gasteiger charge is 2.70. The summed E-state index contributed by atoms with van der Waals surface area (Å²) in [5.41, 5.74) is 3.33. The summed E-state index contributed by atoms with van der Waals surface area (Å²) in [6, 6.07) is 24.6. The first-order valence-corrected chi connectivity index (χ1v) is 17.8. The predicted octanol–water partition coefficient (Wildman–Crippen LogP) is 5.74. The molecule has 8 rings (SSSR count). The Morgan fingerprint density at radius 1 is 0.907 bits per heavy atom. The van der Waals surface area contributed by atoms with E-state index in [4.69, 9.17) is 16.3 Å². The van der Waals surface area contributed by atoms with Crippen LogP contribution in [-0.2, 0) is 24.6 Å². The number of nitrogens with zero attached hydrogens (tertiary/aromatic N) is 2. The van der Waals surface area contributed by atoms with Crippen LogP contribution in [0.2, 0.25) is 5.02 Å². The molecular weight excluding hydrogens is 717 g/mol. The number of allylic oxidation sites excluding steroid dienone is 2. The van der Waals surface area contributed by atoms with Crippen molar-refractivity contribution in [2.75, 3.05) is 23.5 Å². The monoisotopic (exact) mass is 749 g/mol. The molecule has 4 aliphatic rings. The van der Waals surface area contributed by atoms with Gasteiger partial charge in [-0.05, 0) is 85.0 Å². The van der Waals surface area contributed by atoms with Gasteiger partial charge in [-0.25, -0.2) is 9.18 Å². The lowest BCUT2D eigenvalue weighted by molar-refractivity contribution is -0.138. The van der Waals surface area contributed by atoms with Crippen LogP contribution in [0.15, 0.2) is 109 Å². The molecule has 4 amide bonds. The van der Waals surface area contributed by atoms with Crippen molar-refractivity contribution in [1.82, 2.24) is 5.01 Å². The molecule has 3 fully saturated rings. The first kappa shape index (κ1) is 35.2. The number of carboxylic acids is 1. The number of hydrogen-bond acceptors (Lipinski definition) is 8. The molecule has 0 bridgehead atoms. The second kappa shape index (κ2) is 13.5. The fourth-order valence-electron chi connectivity index (χ4n) is 9.04. The molecule has 0 aromatic heterocycles. The molecule has 3 N–H and O–H groups in total. The van der Waals surface area contributed by atoms with Gasteiger partial charge in [0.05, 0.1) is 46.7 Å². The van der Waals surface area contributed by atoms with Crippen molar-refractivity contribution in [3.05, 3.63) is 136 Å². The molecule has 6 atom stereocenters. The summed E-state index contributed by atoms with van der Waals surface area (Å²) in [5.74, 6) is -7.95. The Labute approximate surface area is 313 Å². The van der Waals surface area contributed by atoms with E-state index in [1.54, 1.807) is 48.5 Å². The lowest BCUT2D eigenvalue weighted by atomic mass is 9.49. The number of ether oxygens (including phenoxy) is 1. The molecule has 274 valence electrons. The van der Waals surface area contributed by atoms with E-state index in [-0.39, 0.29) is 37.3 Å². The van der Waals surface area contributed by atoms with Crippen LogP contribution >= 0.6 is 11.6 Å². The van der Waals surface area contributed by atoms with Crippen LogP contribution < -0.4 is 15.1 Å². The van der Waals surface area contributed by atoms with Gasteiger partial charge in [0.1, 0.15) is 18.2 Å². The number of carbonyl (C=O) groups is 5. The van der Waals surface area contributed by atoms with Crippen LogP contribution in [-0.4, -0.2) is 58.0 Å². The van der Waals surface area contributed by atoms with Gasteiger partial charge < -0.3 is 14.9 Å². The average molecular weight is 750 g/mol. The second-order valence-electron chi connectivity index (χ2n) is 13.9. The molecule has 11 nitrogen and oxygen atoms in total. The van der Waals surface area contributed by atoms with E-state index in [0.29, 0.717) is 33.2 Å². The minimum Gasteiger partial charge on any atom is -0.491 e. The quantitative estimate of drug-likeness (QED) is 0.144. The summed E-state index contributed by atoms with van der Waals surface area (Å²) in [6.45, 7) is -0.349. The van der Waals surface area contributed by atoms with Gasteiger partial charge in [0.2, 0.25) is 11.8 Å². The number of carboxylic acid groups (broad SMARTS) is 1. The van der Waals surface area contributed by atoms with E-state index in [9.17, 15) is 33.8 Å². The van der Waals surface area contributed by atoms with Crippen LogP contribution in [0.25, 0.3) is 0 Å². The molecule has 13 heteroatoms. The number of benzene rings is 4. The third-order valence-corrected chi connectivity index (χ3v) is 11.4. The highest BCUT2D eigenvalue weighted by atomic mass is 35.5. The van der Waals surface area contributed by atoms with E-state index < -0.39 is 70.4 Å². The zero-order chi connectivity index (χ0) is 37.9. The number of anilines is 2. The third kappa shape index (κ3) is 5.39. The lowest BCUT2D eigenvalue weighted by Gasteiger charge is -2.50. The summed E-state index contributed by atoms with van der Waals surface area (Å²) < 4.78 is 20.0. The van der Waals surface area contributed by atoms with Crippen LogP contribution in [0.4, 0.5) is 15.8 Å².